The van der Waals surface area contributed by atoms with Crippen molar-refractivity contribution in [3.8, 4) is 11.5 Å². The average Bonchev–Trinajstić information content (AvgIpc) is 3.33. The number of aliphatic imine (C=N–C) groups is 1. The molecule has 1 saturated carbocycles. The molecule has 7 heteroatoms. The van der Waals surface area contributed by atoms with Crippen LogP contribution >= 0.6 is 24.0 Å². The van der Waals surface area contributed by atoms with E-state index < -0.39 is 0 Å². The van der Waals surface area contributed by atoms with Crippen molar-refractivity contribution < 1.29 is 14.2 Å². The highest BCUT2D eigenvalue weighted by Gasteiger charge is 2.20. The molecule has 3 rings (SSSR count). The highest BCUT2D eigenvalue weighted by Crippen LogP contribution is 2.32. The van der Waals surface area contributed by atoms with E-state index in [-0.39, 0.29) is 24.0 Å². The Bertz CT molecular complexity index is 535. The number of anilines is 1. The van der Waals surface area contributed by atoms with Crippen molar-refractivity contribution in [1.29, 1.82) is 0 Å². The molecule has 6 nitrogen and oxygen atoms in total. The van der Waals surface area contributed by atoms with Crippen molar-refractivity contribution in [2.45, 2.75) is 19.3 Å². The lowest BCUT2D eigenvalue weighted by Gasteiger charge is -2.10. The van der Waals surface area contributed by atoms with Crippen LogP contribution in [-0.4, -0.2) is 38.9 Å². The van der Waals surface area contributed by atoms with Crippen molar-refractivity contribution >= 4 is 35.6 Å². The lowest BCUT2D eigenvalue weighted by molar-refractivity contribution is 0.132. The van der Waals surface area contributed by atoms with Crippen LogP contribution in [0.2, 0.25) is 0 Å². The summed E-state index contributed by atoms with van der Waals surface area (Å²) in [6.07, 6.45) is 3.50. The lowest BCUT2D eigenvalue weighted by atomic mass is 10.3. The zero-order chi connectivity index (χ0) is 15.2. The molecule has 1 aromatic carbocycles. The Hall–Kier alpha value is -1.22. The molecule has 1 aliphatic carbocycles. The van der Waals surface area contributed by atoms with Crippen LogP contribution in [0, 0.1) is 5.92 Å². The van der Waals surface area contributed by atoms with E-state index in [1.54, 1.807) is 0 Å². The molecule has 128 valence electrons. The summed E-state index contributed by atoms with van der Waals surface area (Å²) in [6, 6.07) is 5.67. The van der Waals surface area contributed by atoms with Crippen molar-refractivity contribution in [1.82, 2.24) is 0 Å². The average molecular weight is 433 g/mol. The third-order valence-electron chi connectivity index (χ3n) is 3.59. The monoisotopic (exact) mass is 433 g/mol. The number of guanidine groups is 1. The molecule has 2 aliphatic rings. The molecule has 23 heavy (non-hydrogen) atoms. The van der Waals surface area contributed by atoms with Gasteiger partial charge in [-0.1, -0.05) is 0 Å². The molecule has 0 amide bonds. The summed E-state index contributed by atoms with van der Waals surface area (Å²) in [6.45, 7) is 3.38. The highest BCUT2D eigenvalue weighted by atomic mass is 127. The van der Waals surface area contributed by atoms with E-state index >= 15 is 0 Å². The molecule has 0 bridgehead atoms. The summed E-state index contributed by atoms with van der Waals surface area (Å²) in [5, 5.41) is 3.06. The predicted octanol–water partition coefficient (Wildman–Crippen LogP) is 2.62. The van der Waals surface area contributed by atoms with Crippen LogP contribution in [0.25, 0.3) is 0 Å². The fraction of sp³-hybridized carbons (Fsp3) is 0.562. The molecule has 0 unspecified atom stereocenters. The lowest BCUT2D eigenvalue weighted by Crippen LogP contribution is -2.23. The van der Waals surface area contributed by atoms with Crippen molar-refractivity contribution in [3.05, 3.63) is 18.2 Å². The van der Waals surface area contributed by atoms with Gasteiger partial charge in [-0.05, 0) is 30.9 Å². The Balaban J connectivity index is 0.00000192. The Morgan fingerprint density at radius 2 is 2.04 bits per heavy atom. The van der Waals surface area contributed by atoms with E-state index in [0.717, 1.165) is 36.1 Å². The van der Waals surface area contributed by atoms with Gasteiger partial charge in [-0.25, -0.2) is 0 Å². The van der Waals surface area contributed by atoms with Gasteiger partial charge in [-0.3, -0.25) is 4.99 Å². The smallest absolute Gasteiger partial charge is 0.193 e. The Morgan fingerprint density at radius 1 is 1.26 bits per heavy atom. The zero-order valence-corrected chi connectivity index (χ0v) is 15.5. The third-order valence-corrected chi connectivity index (χ3v) is 3.59. The molecule has 1 heterocycles. The summed E-state index contributed by atoms with van der Waals surface area (Å²) in [7, 11) is 0. The van der Waals surface area contributed by atoms with Gasteiger partial charge in [0.25, 0.3) is 0 Å². The van der Waals surface area contributed by atoms with Gasteiger partial charge in [0.2, 0.25) is 0 Å². The molecular formula is C16H24IN3O3. The predicted molar refractivity (Wildman–Crippen MR) is 101 cm³/mol. The maximum absolute atomic E-state index is 5.88. The largest absolute Gasteiger partial charge is 0.490 e. The Morgan fingerprint density at radius 3 is 2.83 bits per heavy atom. The first-order chi connectivity index (χ1) is 10.8. The minimum Gasteiger partial charge on any atom is -0.490 e. The van der Waals surface area contributed by atoms with E-state index in [0.29, 0.717) is 32.3 Å². The minimum absolute atomic E-state index is 0. The van der Waals surface area contributed by atoms with Gasteiger partial charge in [0, 0.05) is 24.8 Å². The molecule has 0 spiro atoms. The molecule has 0 radical (unpaired) electrons. The SMILES string of the molecule is I.NC(=NCCOCC1CC1)Nc1ccc2c(c1)OCCCO2. The summed E-state index contributed by atoms with van der Waals surface area (Å²) >= 11 is 0. The second kappa shape index (κ2) is 9.17. The molecule has 0 atom stereocenters. The second-order valence-electron chi connectivity index (χ2n) is 5.62. The van der Waals surface area contributed by atoms with Gasteiger partial charge in [-0.15, -0.1) is 24.0 Å². The first kappa shape index (κ1) is 18.1. The van der Waals surface area contributed by atoms with Gasteiger partial charge < -0.3 is 25.3 Å². The number of nitrogens with one attached hydrogen (secondary N) is 1. The van der Waals surface area contributed by atoms with E-state index in [1.165, 1.54) is 12.8 Å². The molecule has 1 aliphatic heterocycles. The number of benzene rings is 1. The van der Waals surface area contributed by atoms with Gasteiger partial charge in [-0.2, -0.15) is 0 Å². The second-order valence-corrected chi connectivity index (χ2v) is 5.62. The summed E-state index contributed by atoms with van der Waals surface area (Å²) in [4.78, 5) is 4.25. The van der Waals surface area contributed by atoms with Gasteiger partial charge in [0.1, 0.15) is 0 Å². The molecule has 0 aromatic heterocycles. The third kappa shape index (κ3) is 6.06. The summed E-state index contributed by atoms with van der Waals surface area (Å²) in [5.41, 5.74) is 6.72. The van der Waals surface area contributed by atoms with Crippen molar-refractivity contribution in [2.75, 3.05) is 38.3 Å². The van der Waals surface area contributed by atoms with Crippen LogP contribution in [0.3, 0.4) is 0 Å². The van der Waals surface area contributed by atoms with Crippen molar-refractivity contribution in [2.24, 2.45) is 16.6 Å². The van der Waals surface area contributed by atoms with E-state index in [2.05, 4.69) is 10.3 Å². The number of halogens is 1. The maximum atomic E-state index is 5.88. The van der Waals surface area contributed by atoms with Crippen molar-refractivity contribution in [3.63, 3.8) is 0 Å². The number of ether oxygens (including phenoxy) is 3. The van der Waals surface area contributed by atoms with E-state index in [4.69, 9.17) is 19.9 Å². The molecular weight excluding hydrogens is 409 g/mol. The van der Waals surface area contributed by atoms with E-state index in [9.17, 15) is 0 Å². The molecule has 1 aromatic rings. The molecule has 0 saturated heterocycles. The molecule has 1 fully saturated rings. The Labute approximate surface area is 153 Å². The topological polar surface area (TPSA) is 78.1 Å². The van der Waals surface area contributed by atoms with E-state index in [1.807, 2.05) is 18.2 Å². The molecule has 3 N–H and O–H groups in total. The van der Waals surface area contributed by atoms with Crippen LogP contribution in [0.1, 0.15) is 19.3 Å². The standard InChI is InChI=1S/C16H23N3O3.HI/c17-16(18-6-9-20-11-12-2-3-12)19-13-4-5-14-15(10-13)22-8-1-7-21-14;/h4-5,10,12H,1-3,6-9,11H2,(H3,17,18,19);1H. The number of hydrogen-bond acceptors (Lipinski definition) is 4. The van der Waals surface area contributed by atoms with Gasteiger partial charge in [0.15, 0.2) is 17.5 Å². The number of rotatable bonds is 6. The van der Waals surface area contributed by atoms with Crippen LogP contribution in [-0.2, 0) is 4.74 Å². The minimum atomic E-state index is 0. The van der Waals surface area contributed by atoms with Crippen LogP contribution in [0.4, 0.5) is 5.69 Å². The van der Waals surface area contributed by atoms with Gasteiger partial charge >= 0.3 is 0 Å². The number of hydrogen-bond donors (Lipinski definition) is 2. The fourth-order valence-electron chi connectivity index (χ4n) is 2.19. The first-order valence-electron chi connectivity index (χ1n) is 7.85. The maximum Gasteiger partial charge on any atom is 0.193 e. The van der Waals surface area contributed by atoms with Gasteiger partial charge in [0.05, 0.1) is 26.4 Å². The number of nitrogens with zero attached hydrogens (tertiary/aromatic N) is 1. The van der Waals surface area contributed by atoms with Crippen LogP contribution in [0.5, 0.6) is 11.5 Å². The van der Waals surface area contributed by atoms with Crippen LogP contribution < -0.4 is 20.5 Å². The zero-order valence-electron chi connectivity index (χ0n) is 13.1. The normalized spacial score (nSPS) is 17.1. The quantitative estimate of drug-likeness (QED) is 0.312. The highest BCUT2D eigenvalue weighted by molar-refractivity contribution is 14.0. The summed E-state index contributed by atoms with van der Waals surface area (Å²) in [5.74, 6) is 2.67. The number of fused-ring (bicyclic) bond motifs is 1. The fourth-order valence-corrected chi connectivity index (χ4v) is 2.19. The summed E-state index contributed by atoms with van der Waals surface area (Å²) < 4.78 is 16.8. The number of nitrogens with two attached hydrogens (primary N) is 1. The first-order valence-corrected chi connectivity index (χ1v) is 7.85. The van der Waals surface area contributed by atoms with Crippen LogP contribution in [0.15, 0.2) is 23.2 Å². The Kier molecular flexibility index (Phi) is 7.22.